The molecule has 0 fully saturated rings. The molecule has 0 unspecified atom stereocenters. The maximum absolute atomic E-state index is 13.9. The average Bonchev–Trinajstić information content (AvgIpc) is 2.86. The number of aromatic nitrogens is 2. The first-order valence-electron chi connectivity index (χ1n) is 7.30. The van der Waals surface area contributed by atoms with E-state index in [1.54, 1.807) is 19.1 Å². The van der Waals surface area contributed by atoms with Gasteiger partial charge in [0.2, 0.25) is 0 Å². The highest BCUT2D eigenvalue weighted by Gasteiger charge is 2.22. The molecular weight excluding hydrogens is 341 g/mol. The molecule has 0 radical (unpaired) electrons. The van der Waals surface area contributed by atoms with Crippen LogP contribution in [0.1, 0.15) is 29.9 Å². The van der Waals surface area contributed by atoms with Crippen molar-refractivity contribution in [2.75, 3.05) is 0 Å². The molecule has 23 heavy (non-hydrogen) atoms. The molecule has 0 aliphatic heterocycles. The second-order valence-corrected chi connectivity index (χ2v) is 5.95. The summed E-state index contributed by atoms with van der Waals surface area (Å²) in [5, 5.41) is -0.00631. The molecule has 1 heterocycles. The van der Waals surface area contributed by atoms with Crippen molar-refractivity contribution in [1.29, 1.82) is 0 Å². The normalized spacial score (nSPS) is 11.8. The van der Waals surface area contributed by atoms with E-state index >= 15 is 0 Å². The Balaban J connectivity index is 2.19. The molecule has 3 rings (SSSR count). The molecule has 3 aromatic rings. The second-order valence-electron chi connectivity index (χ2n) is 5.14. The lowest BCUT2D eigenvalue weighted by Gasteiger charge is -2.17. The summed E-state index contributed by atoms with van der Waals surface area (Å²) in [4.78, 5) is 7.17. The number of halogens is 4. The summed E-state index contributed by atoms with van der Waals surface area (Å²) < 4.78 is 35.6. The number of H-pyrrole nitrogens is 1. The number of imidazole rings is 1. The number of nitrogens with zero attached hydrogens (tertiary/aromatic N) is 1. The van der Waals surface area contributed by atoms with Gasteiger partial charge in [-0.1, -0.05) is 35.3 Å². The van der Waals surface area contributed by atoms with Crippen molar-refractivity contribution in [2.24, 2.45) is 0 Å². The molecule has 0 aliphatic rings. The molecule has 0 bridgehead atoms. The standard InChI is InChI=1S/C17H12Cl2F2N2/c1-9-8-22-17(23-9)16(10-2-4-12(18)14(20)6-10)11-3-5-13(19)15(21)7-11/h2-8,16H,1H3,(H,22,23)/i8D. The predicted octanol–water partition coefficient (Wildman–Crippen LogP) is 5.48. The maximum atomic E-state index is 13.9. The summed E-state index contributed by atoms with van der Waals surface area (Å²) in [6.45, 7) is 1.71. The highest BCUT2D eigenvalue weighted by Crippen LogP contribution is 2.33. The summed E-state index contributed by atoms with van der Waals surface area (Å²) in [6, 6.07) is 8.71. The van der Waals surface area contributed by atoms with Gasteiger partial charge >= 0.3 is 0 Å². The zero-order valence-corrected chi connectivity index (χ0v) is 13.5. The Labute approximate surface area is 143 Å². The fourth-order valence-electron chi connectivity index (χ4n) is 2.42. The molecule has 0 saturated heterocycles. The molecule has 0 spiro atoms. The molecule has 1 aromatic heterocycles. The minimum atomic E-state index is -0.582. The van der Waals surface area contributed by atoms with Crippen LogP contribution in [0.2, 0.25) is 10.0 Å². The fraction of sp³-hybridized carbons (Fsp3) is 0.118. The quantitative estimate of drug-likeness (QED) is 0.663. The Morgan fingerprint density at radius 3 is 1.96 bits per heavy atom. The van der Waals surface area contributed by atoms with Crippen LogP contribution in [0, 0.1) is 18.6 Å². The molecule has 0 amide bonds. The van der Waals surface area contributed by atoms with Crippen LogP contribution in [-0.2, 0) is 0 Å². The topological polar surface area (TPSA) is 28.7 Å². The monoisotopic (exact) mass is 353 g/mol. The highest BCUT2D eigenvalue weighted by molar-refractivity contribution is 6.31. The molecule has 2 nitrogen and oxygen atoms in total. The van der Waals surface area contributed by atoms with Gasteiger partial charge in [0.25, 0.3) is 0 Å². The Morgan fingerprint density at radius 2 is 1.57 bits per heavy atom. The van der Waals surface area contributed by atoms with Crippen LogP contribution >= 0.6 is 23.2 Å². The van der Waals surface area contributed by atoms with Crippen LogP contribution in [0.4, 0.5) is 8.78 Å². The van der Waals surface area contributed by atoms with E-state index in [0.717, 1.165) is 0 Å². The molecular formula is C17H12Cl2F2N2. The molecule has 118 valence electrons. The third kappa shape index (κ3) is 3.23. The average molecular weight is 354 g/mol. The number of nitrogens with one attached hydrogen (secondary N) is 1. The van der Waals surface area contributed by atoms with Crippen LogP contribution in [0.15, 0.2) is 42.6 Å². The SMILES string of the molecule is [2H]c1nc(C(c2ccc(Cl)c(F)c2)c2ccc(Cl)c(F)c2)[nH]c1C. The van der Waals surface area contributed by atoms with E-state index in [9.17, 15) is 8.78 Å². The van der Waals surface area contributed by atoms with Crippen molar-refractivity contribution < 1.29 is 10.2 Å². The van der Waals surface area contributed by atoms with Crippen molar-refractivity contribution in [1.82, 2.24) is 9.97 Å². The van der Waals surface area contributed by atoms with E-state index in [4.69, 9.17) is 24.6 Å². The summed E-state index contributed by atoms with van der Waals surface area (Å²) in [7, 11) is 0. The van der Waals surface area contributed by atoms with Gasteiger partial charge in [0, 0.05) is 11.9 Å². The third-order valence-corrected chi connectivity index (χ3v) is 4.10. The number of hydrogen-bond acceptors (Lipinski definition) is 1. The van der Waals surface area contributed by atoms with Gasteiger partial charge in [0.05, 0.1) is 17.3 Å². The minimum Gasteiger partial charge on any atom is -0.345 e. The van der Waals surface area contributed by atoms with Crippen molar-refractivity contribution in [2.45, 2.75) is 12.8 Å². The highest BCUT2D eigenvalue weighted by atomic mass is 35.5. The van der Waals surface area contributed by atoms with Gasteiger partial charge in [-0.25, -0.2) is 13.8 Å². The van der Waals surface area contributed by atoms with Crippen molar-refractivity contribution in [3.8, 4) is 0 Å². The lowest BCUT2D eigenvalue weighted by molar-refractivity contribution is 0.621. The predicted molar refractivity (Wildman–Crippen MR) is 87.1 cm³/mol. The molecule has 0 aliphatic carbocycles. The van der Waals surface area contributed by atoms with Gasteiger partial charge in [-0.15, -0.1) is 0 Å². The van der Waals surface area contributed by atoms with Crippen LogP contribution in [0.25, 0.3) is 0 Å². The summed E-state index contributed by atoms with van der Waals surface area (Å²) in [6.07, 6.45) is 0.0823. The van der Waals surface area contributed by atoms with E-state index < -0.39 is 17.6 Å². The van der Waals surface area contributed by atoms with E-state index in [2.05, 4.69) is 9.97 Å². The van der Waals surface area contributed by atoms with Crippen molar-refractivity contribution in [3.05, 3.63) is 86.9 Å². The first kappa shape index (κ1) is 14.7. The van der Waals surface area contributed by atoms with E-state index in [0.29, 0.717) is 22.6 Å². The van der Waals surface area contributed by atoms with Gasteiger partial charge in [0.1, 0.15) is 17.5 Å². The van der Waals surface area contributed by atoms with E-state index in [-0.39, 0.29) is 16.2 Å². The van der Waals surface area contributed by atoms with Crippen LogP contribution in [-0.4, -0.2) is 9.97 Å². The number of aromatic amines is 1. The summed E-state index contributed by atoms with van der Waals surface area (Å²) >= 11 is 11.5. The van der Waals surface area contributed by atoms with Crippen LogP contribution in [0.3, 0.4) is 0 Å². The Hall–Kier alpha value is -1.91. The third-order valence-electron chi connectivity index (χ3n) is 3.49. The number of benzene rings is 2. The van der Waals surface area contributed by atoms with Crippen molar-refractivity contribution in [3.63, 3.8) is 0 Å². The first-order valence-corrected chi connectivity index (χ1v) is 7.55. The summed E-state index contributed by atoms with van der Waals surface area (Å²) in [5.74, 6) is -1.33. The lowest BCUT2D eigenvalue weighted by atomic mass is 9.90. The Morgan fingerprint density at radius 1 is 1.04 bits per heavy atom. The fourth-order valence-corrected chi connectivity index (χ4v) is 2.66. The molecule has 6 heteroatoms. The van der Waals surface area contributed by atoms with E-state index in [1.807, 2.05) is 0 Å². The number of rotatable bonds is 3. The van der Waals surface area contributed by atoms with Gasteiger partial charge in [-0.05, 0) is 42.3 Å². The molecule has 2 aromatic carbocycles. The number of hydrogen-bond donors (Lipinski definition) is 1. The van der Waals surface area contributed by atoms with E-state index in [1.165, 1.54) is 24.3 Å². The zero-order valence-electron chi connectivity index (χ0n) is 13.0. The van der Waals surface area contributed by atoms with Gasteiger partial charge in [0.15, 0.2) is 0 Å². The molecule has 0 atom stereocenters. The van der Waals surface area contributed by atoms with Crippen LogP contribution < -0.4 is 0 Å². The Bertz CT molecular complexity index is 841. The van der Waals surface area contributed by atoms with Crippen LogP contribution in [0.5, 0.6) is 0 Å². The smallest absolute Gasteiger partial charge is 0.142 e. The van der Waals surface area contributed by atoms with Gasteiger partial charge in [-0.3, -0.25) is 0 Å². The van der Waals surface area contributed by atoms with Crippen molar-refractivity contribution >= 4 is 23.2 Å². The molecule has 1 N–H and O–H groups in total. The molecule has 0 saturated carbocycles. The maximum Gasteiger partial charge on any atom is 0.142 e. The summed E-state index contributed by atoms with van der Waals surface area (Å²) in [5.41, 5.74) is 1.64. The van der Waals surface area contributed by atoms with Gasteiger partial charge in [-0.2, -0.15) is 0 Å². The van der Waals surface area contributed by atoms with Gasteiger partial charge < -0.3 is 4.98 Å². The Kier molecular flexibility index (Phi) is 4.02. The first-order chi connectivity index (χ1) is 11.4. The second kappa shape index (κ2) is 6.30. The lowest BCUT2D eigenvalue weighted by Crippen LogP contribution is -2.06. The zero-order chi connectivity index (χ0) is 17.4. The minimum absolute atomic E-state index is 0.00315. The largest absolute Gasteiger partial charge is 0.345 e. The number of aryl methyl sites for hydroxylation is 1.